The van der Waals surface area contributed by atoms with Crippen molar-refractivity contribution in [2.75, 3.05) is 0 Å². The summed E-state index contributed by atoms with van der Waals surface area (Å²) in [5, 5.41) is 9.87. The molecule has 6 nitrogen and oxygen atoms in total. The summed E-state index contributed by atoms with van der Waals surface area (Å²) in [6.45, 7) is 0. The van der Waals surface area contributed by atoms with Crippen molar-refractivity contribution < 1.29 is 14.4 Å². The predicted molar refractivity (Wildman–Crippen MR) is 66.6 cm³/mol. The number of carbonyl (C=O) groups excluding carboxylic acids is 3. The lowest BCUT2D eigenvalue weighted by atomic mass is 9.88. The number of aldehydes is 1. The summed E-state index contributed by atoms with van der Waals surface area (Å²) in [6, 6.07) is 3.38. The van der Waals surface area contributed by atoms with Gasteiger partial charge in [0.1, 0.15) is 6.29 Å². The molecule has 2 aromatic rings. The second kappa shape index (κ2) is 4.31. The molecule has 1 aromatic heterocycles. The summed E-state index contributed by atoms with van der Waals surface area (Å²) in [6.07, 6.45) is 3.10. The van der Waals surface area contributed by atoms with Gasteiger partial charge in [-0.1, -0.05) is 0 Å². The van der Waals surface area contributed by atoms with Crippen LogP contribution in [0.4, 0.5) is 0 Å². The van der Waals surface area contributed by atoms with E-state index in [0.717, 1.165) is 17.2 Å². The van der Waals surface area contributed by atoms with Gasteiger partial charge in [-0.25, -0.2) is 0 Å². The number of hydrogen-bond acceptors (Lipinski definition) is 4. The molecule has 2 N–H and O–H groups in total. The molecule has 2 heterocycles. The zero-order valence-electron chi connectivity index (χ0n) is 9.97. The largest absolute Gasteiger partial charge is 0.298 e. The van der Waals surface area contributed by atoms with Crippen LogP contribution in [0.2, 0.25) is 0 Å². The van der Waals surface area contributed by atoms with Gasteiger partial charge in [0.05, 0.1) is 17.6 Å². The zero-order valence-corrected chi connectivity index (χ0v) is 9.97. The van der Waals surface area contributed by atoms with Crippen molar-refractivity contribution in [1.29, 1.82) is 0 Å². The van der Waals surface area contributed by atoms with Gasteiger partial charge in [-0.2, -0.15) is 5.10 Å². The fourth-order valence-electron chi connectivity index (χ4n) is 2.44. The van der Waals surface area contributed by atoms with Gasteiger partial charge in [-0.3, -0.25) is 24.8 Å². The Morgan fingerprint density at radius 1 is 1.32 bits per heavy atom. The lowest BCUT2D eigenvalue weighted by Crippen LogP contribution is -2.39. The van der Waals surface area contributed by atoms with E-state index >= 15 is 0 Å². The highest BCUT2D eigenvalue weighted by atomic mass is 16.2. The molecule has 6 heteroatoms. The van der Waals surface area contributed by atoms with E-state index in [-0.39, 0.29) is 11.8 Å². The Kier molecular flexibility index (Phi) is 2.63. The lowest BCUT2D eigenvalue weighted by molar-refractivity contribution is -0.134. The van der Waals surface area contributed by atoms with Crippen molar-refractivity contribution in [3.8, 4) is 0 Å². The van der Waals surface area contributed by atoms with Crippen molar-refractivity contribution in [3.63, 3.8) is 0 Å². The molecule has 1 unspecified atom stereocenters. The Morgan fingerprint density at radius 3 is 2.89 bits per heavy atom. The Hall–Kier alpha value is -2.50. The van der Waals surface area contributed by atoms with Crippen LogP contribution in [0.5, 0.6) is 0 Å². The lowest BCUT2D eigenvalue weighted by Gasteiger charge is -2.21. The molecule has 19 heavy (non-hydrogen) atoms. The third-order valence-corrected chi connectivity index (χ3v) is 3.35. The maximum absolute atomic E-state index is 11.9. The molecule has 96 valence electrons. The third-order valence-electron chi connectivity index (χ3n) is 3.35. The minimum absolute atomic E-state index is 0.256. The molecule has 0 spiro atoms. The smallest absolute Gasteiger partial charge is 0.234 e. The highest BCUT2D eigenvalue weighted by Crippen LogP contribution is 2.30. The molecule has 1 fully saturated rings. The molecule has 1 aromatic carbocycles. The topological polar surface area (TPSA) is 91.9 Å². The molecule has 0 bridgehead atoms. The molecular weight excluding hydrogens is 246 g/mol. The number of aromatic nitrogens is 2. The first-order valence-corrected chi connectivity index (χ1v) is 5.95. The molecule has 1 aliphatic rings. The average Bonchev–Trinajstić information content (AvgIpc) is 2.86. The number of benzene rings is 1. The van der Waals surface area contributed by atoms with Crippen molar-refractivity contribution in [1.82, 2.24) is 15.5 Å². The van der Waals surface area contributed by atoms with Crippen LogP contribution in [0.25, 0.3) is 10.9 Å². The van der Waals surface area contributed by atoms with Crippen molar-refractivity contribution >= 4 is 29.0 Å². The summed E-state index contributed by atoms with van der Waals surface area (Å²) < 4.78 is 0. The predicted octanol–water partition coefficient (Wildman–Crippen LogP) is 0.896. The molecular formula is C13H11N3O3. The quantitative estimate of drug-likeness (QED) is 0.617. The van der Waals surface area contributed by atoms with Gasteiger partial charge >= 0.3 is 0 Å². The van der Waals surface area contributed by atoms with Crippen LogP contribution in [0, 0.1) is 0 Å². The van der Waals surface area contributed by atoms with Crippen molar-refractivity contribution in [2.24, 2.45) is 0 Å². The van der Waals surface area contributed by atoms with E-state index in [4.69, 9.17) is 0 Å². The molecule has 1 aliphatic heterocycles. The van der Waals surface area contributed by atoms with Crippen LogP contribution < -0.4 is 5.32 Å². The highest BCUT2D eigenvalue weighted by molar-refractivity contribution is 6.03. The SMILES string of the molecule is O=Cc1cc(C2CCC(=O)NC2=O)c2[nH]ncc2c1. The number of rotatable bonds is 2. The standard InChI is InChI=1S/C13H11N3O3/c17-6-7-3-8-5-14-16-12(8)10(4-7)9-1-2-11(18)15-13(9)19/h3-6,9H,1-2H2,(H,14,16)(H,15,18,19). The fourth-order valence-corrected chi connectivity index (χ4v) is 2.44. The second-order valence-corrected chi connectivity index (χ2v) is 4.57. The van der Waals surface area contributed by atoms with Crippen LogP contribution in [-0.2, 0) is 9.59 Å². The van der Waals surface area contributed by atoms with E-state index in [1.54, 1.807) is 18.3 Å². The van der Waals surface area contributed by atoms with Crippen molar-refractivity contribution in [3.05, 3.63) is 29.5 Å². The number of nitrogens with zero attached hydrogens (tertiary/aromatic N) is 1. The second-order valence-electron chi connectivity index (χ2n) is 4.57. The summed E-state index contributed by atoms with van der Waals surface area (Å²) in [5.74, 6) is -1.01. The van der Waals surface area contributed by atoms with Gasteiger partial charge in [0.25, 0.3) is 0 Å². The molecule has 2 amide bonds. The average molecular weight is 257 g/mol. The molecule has 1 atom stereocenters. The van der Waals surface area contributed by atoms with Crippen LogP contribution in [0.15, 0.2) is 18.3 Å². The van der Waals surface area contributed by atoms with E-state index in [1.165, 1.54) is 0 Å². The van der Waals surface area contributed by atoms with Gasteiger partial charge in [0, 0.05) is 17.4 Å². The van der Waals surface area contributed by atoms with Gasteiger partial charge in [-0.15, -0.1) is 0 Å². The maximum Gasteiger partial charge on any atom is 0.234 e. The van der Waals surface area contributed by atoms with E-state index in [1.807, 2.05) is 0 Å². The van der Waals surface area contributed by atoms with E-state index in [0.29, 0.717) is 24.0 Å². The summed E-state index contributed by atoms with van der Waals surface area (Å²) in [4.78, 5) is 34.0. The Labute approximate surface area is 108 Å². The van der Waals surface area contributed by atoms with Crippen LogP contribution in [0.1, 0.15) is 34.7 Å². The highest BCUT2D eigenvalue weighted by Gasteiger charge is 2.29. The summed E-state index contributed by atoms with van der Waals surface area (Å²) in [7, 11) is 0. The Bertz CT molecular complexity index is 689. The normalized spacial score (nSPS) is 19.5. The van der Waals surface area contributed by atoms with Crippen LogP contribution in [0.3, 0.4) is 0 Å². The molecule has 1 saturated heterocycles. The van der Waals surface area contributed by atoms with Gasteiger partial charge in [0.15, 0.2) is 0 Å². The number of nitrogens with one attached hydrogen (secondary N) is 2. The number of piperidine rings is 1. The zero-order chi connectivity index (χ0) is 13.4. The number of imide groups is 1. The van der Waals surface area contributed by atoms with E-state index in [9.17, 15) is 14.4 Å². The number of fused-ring (bicyclic) bond motifs is 1. The minimum atomic E-state index is -0.430. The molecule has 0 saturated carbocycles. The number of amides is 2. The van der Waals surface area contributed by atoms with E-state index in [2.05, 4.69) is 15.5 Å². The summed E-state index contributed by atoms with van der Waals surface area (Å²) >= 11 is 0. The summed E-state index contributed by atoms with van der Waals surface area (Å²) in [5.41, 5.74) is 1.94. The Balaban J connectivity index is 2.13. The first kappa shape index (κ1) is 11.6. The monoisotopic (exact) mass is 257 g/mol. The maximum atomic E-state index is 11.9. The van der Waals surface area contributed by atoms with Gasteiger partial charge in [0.2, 0.25) is 11.8 Å². The number of H-pyrrole nitrogens is 1. The number of hydrogen-bond donors (Lipinski definition) is 2. The Morgan fingerprint density at radius 2 is 2.16 bits per heavy atom. The molecule has 0 aliphatic carbocycles. The fraction of sp³-hybridized carbons (Fsp3) is 0.231. The third kappa shape index (κ3) is 1.91. The number of carbonyl (C=O) groups is 3. The van der Waals surface area contributed by atoms with E-state index < -0.39 is 5.92 Å². The first-order chi connectivity index (χ1) is 9.19. The number of aromatic amines is 1. The van der Waals surface area contributed by atoms with Crippen LogP contribution in [-0.4, -0.2) is 28.3 Å². The van der Waals surface area contributed by atoms with Gasteiger partial charge in [-0.05, 0) is 24.1 Å². The molecule has 0 radical (unpaired) electrons. The van der Waals surface area contributed by atoms with Gasteiger partial charge < -0.3 is 0 Å². The molecule has 3 rings (SSSR count). The van der Waals surface area contributed by atoms with Crippen molar-refractivity contribution in [2.45, 2.75) is 18.8 Å². The minimum Gasteiger partial charge on any atom is -0.298 e. The van der Waals surface area contributed by atoms with Crippen LogP contribution >= 0.6 is 0 Å². The first-order valence-electron chi connectivity index (χ1n) is 5.95.